The van der Waals surface area contributed by atoms with Crippen molar-refractivity contribution >= 4 is 9.24 Å². The van der Waals surface area contributed by atoms with E-state index >= 15 is 0 Å². The van der Waals surface area contributed by atoms with Crippen LogP contribution in [0.4, 0.5) is 0 Å². The van der Waals surface area contributed by atoms with E-state index in [1.807, 2.05) is 0 Å². The first-order valence-electron chi connectivity index (χ1n) is 5.38. The molecule has 2 atom stereocenters. The molecule has 0 saturated carbocycles. The highest BCUT2D eigenvalue weighted by Gasteiger charge is 2.18. The van der Waals surface area contributed by atoms with E-state index < -0.39 is 0 Å². The van der Waals surface area contributed by atoms with Gasteiger partial charge in [0, 0.05) is 0 Å². The molecule has 12 heavy (non-hydrogen) atoms. The van der Waals surface area contributed by atoms with Gasteiger partial charge in [-0.15, -0.1) is 9.24 Å². The molecule has 0 fully saturated rings. The van der Waals surface area contributed by atoms with E-state index in [0.29, 0.717) is 5.41 Å². The minimum atomic E-state index is 0.596. The molecule has 0 aromatic heterocycles. The van der Waals surface area contributed by atoms with Crippen LogP contribution in [0.2, 0.25) is 0 Å². The van der Waals surface area contributed by atoms with Crippen LogP contribution in [-0.2, 0) is 0 Å². The van der Waals surface area contributed by atoms with Crippen LogP contribution in [0.5, 0.6) is 0 Å². The molecular formula is C11H25P. The average molecular weight is 188 g/mol. The third kappa shape index (κ3) is 5.14. The van der Waals surface area contributed by atoms with Crippen LogP contribution in [0.15, 0.2) is 0 Å². The molecule has 0 heterocycles. The highest BCUT2D eigenvalue weighted by molar-refractivity contribution is 7.16. The molecule has 0 aromatic rings. The van der Waals surface area contributed by atoms with Gasteiger partial charge in [0.1, 0.15) is 0 Å². The molecule has 0 aliphatic heterocycles. The first-order valence-corrected chi connectivity index (χ1v) is 6.20. The second-order valence-electron chi connectivity index (χ2n) is 4.18. The zero-order valence-corrected chi connectivity index (χ0v) is 10.2. The van der Waals surface area contributed by atoms with Crippen molar-refractivity contribution in [2.75, 3.05) is 6.16 Å². The summed E-state index contributed by atoms with van der Waals surface area (Å²) in [4.78, 5) is 0. The maximum atomic E-state index is 2.89. The van der Waals surface area contributed by atoms with E-state index in [2.05, 4.69) is 30.0 Å². The van der Waals surface area contributed by atoms with Crippen LogP contribution in [0.1, 0.15) is 59.3 Å². The fraction of sp³-hybridized carbons (Fsp3) is 1.00. The Balaban J connectivity index is 3.45. The highest BCUT2D eigenvalue weighted by Crippen LogP contribution is 2.30. The molecular weight excluding hydrogens is 163 g/mol. The maximum absolute atomic E-state index is 2.89. The summed E-state index contributed by atoms with van der Waals surface area (Å²) < 4.78 is 0. The molecule has 1 unspecified atom stereocenters. The molecule has 74 valence electrons. The van der Waals surface area contributed by atoms with E-state index in [1.165, 1.54) is 44.7 Å². The topological polar surface area (TPSA) is 0 Å². The molecule has 1 heteroatoms. The van der Waals surface area contributed by atoms with Crippen LogP contribution in [-0.4, -0.2) is 6.16 Å². The normalized spacial score (nSPS) is 16.0. The van der Waals surface area contributed by atoms with Gasteiger partial charge in [-0.05, 0) is 18.0 Å². The standard InChI is InChI=1S/C11H25P/c1-4-6-7-8-9-11(3,5-2)10-12/h4-10,12H2,1-3H3/t11-/m1/s1. The van der Waals surface area contributed by atoms with Gasteiger partial charge in [-0.2, -0.15) is 0 Å². The molecule has 0 rings (SSSR count). The van der Waals surface area contributed by atoms with Gasteiger partial charge in [0.25, 0.3) is 0 Å². The van der Waals surface area contributed by atoms with E-state index in [9.17, 15) is 0 Å². The van der Waals surface area contributed by atoms with Crippen LogP contribution in [0.3, 0.4) is 0 Å². The highest BCUT2D eigenvalue weighted by atomic mass is 31.0. The fourth-order valence-corrected chi connectivity index (χ4v) is 1.89. The molecule has 0 saturated heterocycles. The molecule has 0 radical (unpaired) electrons. The van der Waals surface area contributed by atoms with Crippen molar-refractivity contribution < 1.29 is 0 Å². The van der Waals surface area contributed by atoms with Crippen molar-refractivity contribution in [3.05, 3.63) is 0 Å². The van der Waals surface area contributed by atoms with Gasteiger partial charge in [0.2, 0.25) is 0 Å². The third-order valence-corrected chi connectivity index (χ3v) is 3.97. The maximum Gasteiger partial charge on any atom is -0.0294 e. The lowest BCUT2D eigenvalue weighted by molar-refractivity contribution is 0.315. The summed E-state index contributed by atoms with van der Waals surface area (Å²) in [5.74, 6) is 0. The lowest BCUT2D eigenvalue weighted by atomic mass is 9.84. The Kier molecular flexibility index (Phi) is 7.14. The van der Waals surface area contributed by atoms with Gasteiger partial charge >= 0.3 is 0 Å². The van der Waals surface area contributed by atoms with Crippen molar-refractivity contribution in [1.29, 1.82) is 0 Å². The Bertz CT molecular complexity index is 95.2. The molecule has 0 nitrogen and oxygen atoms in total. The van der Waals surface area contributed by atoms with Crippen molar-refractivity contribution in [1.82, 2.24) is 0 Å². The Morgan fingerprint density at radius 3 is 2.17 bits per heavy atom. The summed E-state index contributed by atoms with van der Waals surface area (Å²) in [7, 11) is 2.89. The van der Waals surface area contributed by atoms with E-state index in [4.69, 9.17) is 0 Å². The summed E-state index contributed by atoms with van der Waals surface area (Å²) in [5, 5.41) is 0. The molecule has 0 aliphatic carbocycles. The average Bonchev–Trinajstić information content (AvgIpc) is 2.12. The van der Waals surface area contributed by atoms with Crippen molar-refractivity contribution in [3.63, 3.8) is 0 Å². The zero-order chi connectivity index (χ0) is 9.45. The van der Waals surface area contributed by atoms with Crippen LogP contribution in [0.25, 0.3) is 0 Å². The molecule has 0 aromatic carbocycles. The molecule has 0 spiro atoms. The van der Waals surface area contributed by atoms with E-state index in [-0.39, 0.29) is 0 Å². The van der Waals surface area contributed by atoms with Gasteiger partial charge in [0.15, 0.2) is 0 Å². The molecule has 0 aliphatic rings. The van der Waals surface area contributed by atoms with Crippen molar-refractivity contribution in [2.24, 2.45) is 5.41 Å². The monoisotopic (exact) mass is 188 g/mol. The lowest BCUT2D eigenvalue weighted by Gasteiger charge is -2.26. The quantitative estimate of drug-likeness (QED) is 0.414. The largest absolute Gasteiger partial charge is 0.137 e. The number of unbranched alkanes of at least 4 members (excludes halogenated alkanes) is 3. The fourth-order valence-electron chi connectivity index (χ4n) is 1.40. The smallest absolute Gasteiger partial charge is 0.0294 e. The van der Waals surface area contributed by atoms with Gasteiger partial charge < -0.3 is 0 Å². The van der Waals surface area contributed by atoms with Gasteiger partial charge in [0.05, 0.1) is 0 Å². The Labute approximate surface area is 80.7 Å². The predicted molar refractivity (Wildman–Crippen MR) is 61.7 cm³/mol. The Morgan fingerprint density at radius 2 is 1.75 bits per heavy atom. The lowest BCUT2D eigenvalue weighted by Crippen LogP contribution is -2.16. The second kappa shape index (κ2) is 6.89. The summed E-state index contributed by atoms with van der Waals surface area (Å²) in [5.41, 5.74) is 0.596. The third-order valence-electron chi connectivity index (χ3n) is 2.98. The Morgan fingerprint density at radius 1 is 1.08 bits per heavy atom. The number of hydrogen-bond donors (Lipinski definition) is 0. The van der Waals surface area contributed by atoms with Gasteiger partial charge in [-0.1, -0.05) is 52.9 Å². The number of hydrogen-bond acceptors (Lipinski definition) is 0. The summed E-state index contributed by atoms with van der Waals surface area (Å²) in [6.07, 6.45) is 9.61. The molecule has 0 N–H and O–H groups in total. The molecule has 0 amide bonds. The number of rotatable bonds is 7. The predicted octanol–water partition coefficient (Wildman–Crippen LogP) is 4.25. The zero-order valence-electron chi connectivity index (χ0n) is 9.03. The summed E-state index contributed by atoms with van der Waals surface area (Å²) in [6.45, 7) is 6.99. The van der Waals surface area contributed by atoms with Gasteiger partial charge in [-0.25, -0.2) is 0 Å². The first kappa shape index (κ1) is 12.4. The van der Waals surface area contributed by atoms with E-state index in [0.717, 1.165) is 0 Å². The minimum Gasteiger partial charge on any atom is -0.137 e. The van der Waals surface area contributed by atoms with E-state index in [1.54, 1.807) is 0 Å². The minimum absolute atomic E-state index is 0.596. The molecule has 0 bridgehead atoms. The summed E-state index contributed by atoms with van der Waals surface area (Å²) in [6, 6.07) is 0. The second-order valence-corrected chi connectivity index (χ2v) is 4.59. The first-order chi connectivity index (χ1) is 5.68. The van der Waals surface area contributed by atoms with Crippen LogP contribution >= 0.6 is 9.24 Å². The van der Waals surface area contributed by atoms with Crippen LogP contribution in [0, 0.1) is 5.41 Å². The SMILES string of the molecule is CCCCCC[C@@](C)(CC)CP. The van der Waals surface area contributed by atoms with Crippen molar-refractivity contribution in [2.45, 2.75) is 59.3 Å². The summed E-state index contributed by atoms with van der Waals surface area (Å²) >= 11 is 0. The van der Waals surface area contributed by atoms with Crippen molar-refractivity contribution in [3.8, 4) is 0 Å². The Hall–Kier alpha value is 0.430. The van der Waals surface area contributed by atoms with Crippen LogP contribution < -0.4 is 0 Å². The van der Waals surface area contributed by atoms with Gasteiger partial charge in [-0.3, -0.25) is 0 Å².